The van der Waals surface area contributed by atoms with Gasteiger partial charge >= 0.3 is 0 Å². The van der Waals surface area contributed by atoms with Crippen molar-refractivity contribution < 1.29 is 4.79 Å². The van der Waals surface area contributed by atoms with Gasteiger partial charge in [-0.2, -0.15) is 0 Å². The minimum Gasteiger partial charge on any atom is -0.330 e. The number of fused-ring (bicyclic) bond motifs is 1. The Morgan fingerprint density at radius 1 is 1.03 bits per heavy atom. The van der Waals surface area contributed by atoms with Gasteiger partial charge in [0.05, 0.1) is 29.1 Å². The van der Waals surface area contributed by atoms with Crippen LogP contribution in [0, 0.1) is 6.92 Å². The molecular weight excluding hydrogens is 398 g/mol. The molecule has 1 aliphatic heterocycles. The molecule has 0 aliphatic carbocycles. The molecule has 150 valence electrons. The summed E-state index contributed by atoms with van der Waals surface area (Å²) >= 11 is 1.63. The summed E-state index contributed by atoms with van der Waals surface area (Å²) < 4.78 is 3.27. The Labute approximate surface area is 176 Å². The lowest BCUT2D eigenvalue weighted by molar-refractivity contribution is 0.0688. The number of carbonyl (C=O) groups is 1. The van der Waals surface area contributed by atoms with Crippen molar-refractivity contribution in [2.75, 3.05) is 6.54 Å². The van der Waals surface area contributed by atoms with Gasteiger partial charge in [0, 0.05) is 30.4 Å². The molecule has 5 heterocycles. The monoisotopic (exact) mass is 417 g/mol. The van der Waals surface area contributed by atoms with Gasteiger partial charge in [0.15, 0.2) is 0 Å². The number of hydrogen-bond donors (Lipinski definition) is 0. The first-order valence-corrected chi connectivity index (χ1v) is 10.5. The minimum atomic E-state index is -0.175. The quantitative estimate of drug-likeness (QED) is 0.511. The van der Waals surface area contributed by atoms with Crippen LogP contribution in [0.1, 0.15) is 21.1 Å². The molecule has 0 fully saturated rings. The van der Waals surface area contributed by atoms with E-state index >= 15 is 0 Å². The van der Waals surface area contributed by atoms with E-state index in [1.54, 1.807) is 56.2 Å². The number of hydrogen-bond acceptors (Lipinski definition) is 5. The van der Waals surface area contributed by atoms with Crippen molar-refractivity contribution in [2.24, 2.45) is 0 Å². The van der Waals surface area contributed by atoms with Crippen molar-refractivity contribution in [1.82, 2.24) is 24.0 Å². The third-order valence-corrected chi connectivity index (χ3v) is 6.26. The molecule has 1 aliphatic rings. The van der Waals surface area contributed by atoms with Crippen LogP contribution >= 0.6 is 11.3 Å². The number of amides is 1. The third-order valence-electron chi connectivity index (χ3n) is 5.17. The van der Waals surface area contributed by atoms with Crippen LogP contribution in [0.3, 0.4) is 0 Å². The SMILES string of the molecule is Cc1cn(-c2ccc3n(c2=O)CCN(Cc2ccc(-c4ccccn4)s2)C3=O)cn1. The predicted octanol–water partition coefficient (Wildman–Crippen LogP) is 3.12. The van der Waals surface area contributed by atoms with Gasteiger partial charge in [0.1, 0.15) is 11.4 Å². The van der Waals surface area contributed by atoms with Gasteiger partial charge in [-0.3, -0.25) is 14.6 Å². The van der Waals surface area contributed by atoms with Gasteiger partial charge in [0.25, 0.3) is 11.5 Å². The first kappa shape index (κ1) is 18.5. The van der Waals surface area contributed by atoms with E-state index in [2.05, 4.69) is 9.97 Å². The molecule has 5 rings (SSSR count). The van der Waals surface area contributed by atoms with Gasteiger partial charge in [-0.25, -0.2) is 4.98 Å². The Hall–Kier alpha value is -3.52. The number of pyridine rings is 2. The Bertz CT molecular complexity index is 1290. The summed E-state index contributed by atoms with van der Waals surface area (Å²) in [5.41, 5.74) is 2.51. The molecule has 4 aromatic rings. The van der Waals surface area contributed by atoms with Crippen molar-refractivity contribution in [2.45, 2.75) is 20.0 Å². The van der Waals surface area contributed by atoms with Crippen molar-refractivity contribution >= 4 is 17.2 Å². The highest BCUT2D eigenvalue weighted by Gasteiger charge is 2.26. The Balaban J connectivity index is 1.39. The largest absolute Gasteiger partial charge is 0.330 e. The van der Waals surface area contributed by atoms with E-state index in [9.17, 15) is 9.59 Å². The molecule has 0 bridgehead atoms. The molecule has 7 nitrogen and oxygen atoms in total. The summed E-state index contributed by atoms with van der Waals surface area (Å²) in [6, 6.07) is 13.3. The van der Waals surface area contributed by atoms with Gasteiger partial charge in [-0.1, -0.05) is 6.07 Å². The van der Waals surface area contributed by atoms with Crippen LogP contribution in [0.5, 0.6) is 0 Å². The number of nitrogens with zero attached hydrogens (tertiary/aromatic N) is 5. The van der Waals surface area contributed by atoms with Gasteiger partial charge < -0.3 is 14.0 Å². The zero-order valence-electron chi connectivity index (χ0n) is 16.4. The van der Waals surface area contributed by atoms with Gasteiger partial charge in [-0.05, 0) is 43.3 Å². The zero-order valence-corrected chi connectivity index (χ0v) is 17.2. The lowest BCUT2D eigenvalue weighted by atomic mass is 10.2. The smallest absolute Gasteiger partial charge is 0.275 e. The standard InChI is InChI=1S/C22H19N5O2S/c1-15-12-26(14-24-15)18-6-7-19-21(28)25(10-11-27(19)22(18)29)13-16-5-8-20(30-16)17-4-2-3-9-23-17/h2-9,12,14H,10-11,13H2,1H3. The predicted molar refractivity (Wildman–Crippen MR) is 115 cm³/mol. The highest BCUT2D eigenvalue weighted by atomic mass is 32.1. The molecular formula is C22H19N5O2S. The lowest BCUT2D eigenvalue weighted by Gasteiger charge is -2.29. The molecule has 0 aromatic carbocycles. The van der Waals surface area contributed by atoms with Crippen LogP contribution in [0.2, 0.25) is 0 Å². The van der Waals surface area contributed by atoms with Crippen molar-refractivity contribution in [3.8, 4) is 16.3 Å². The van der Waals surface area contributed by atoms with Crippen molar-refractivity contribution in [3.63, 3.8) is 0 Å². The van der Waals surface area contributed by atoms with E-state index in [-0.39, 0.29) is 11.5 Å². The summed E-state index contributed by atoms with van der Waals surface area (Å²) in [4.78, 5) is 38.5. The third kappa shape index (κ3) is 3.25. The highest BCUT2D eigenvalue weighted by Crippen LogP contribution is 2.28. The number of carbonyl (C=O) groups excluding carboxylic acids is 1. The van der Waals surface area contributed by atoms with E-state index < -0.39 is 0 Å². The summed E-state index contributed by atoms with van der Waals surface area (Å²) in [5.74, 6) is -0.125. The van der Waals surface area contributed by atoms with Crippen LogP contribution < -0.4 is 5.56 Å². The first-order chi connectivity index (χ1) is 14.6. The van der Waals surface area contributed by atoms with Crippen molar-refractivity contribution in [3.05, 3.63) is 87.8 Å². The summed E-state index contributed by atoms with van der Waals surface area (Å²) in [6.45, 7) is 3.36. The Morgan fingerprint density at radius 3 is 2.70 bits per heavy atom. The van der Waals surface area contributed by atoms with Crippen LogP contribution in [-0.2, 0) is 13.1 Å². The van der Waals surface area contributed by atoms with E-state index in [1.807, 2.05) is 37.3 Å². The maximum absolute atomic E-state index is 13.0. The molecule has 30 heavy (non-hydrogen) atoms. The normalized spacial score (nSPS) is 13.5. The van der Waals surface area contributed by atoms with E-state index in [1.165, 1.54) is 0 Å². The van der Waals surface area contributed by atoms with Gasteiger partial charge in [0.2, 0.25) is 0 Å². The van der Waals surface area contributed by atoms with E-state index in [4.69, 9.17) is 0 Å². The molecule has 0 radical (unpaired) electrons. The van der Waals surface area contributed by atoms with E-state index in [0.717, 1.165) is 21.1 Å². The number of aromatic nitrogens is 4. The number of aryl methyl sites for hydroxylation is 1. The van der Waals surface area contributed by atoms with Gasteiger partial charge in [-0.15, -0.1) is 11.3 Å². The summed E-state index contributed by atoms with van der Waals surface area (Å²) in [6.07, 6.45) is 5.19. The topological polar surface area (TPSA) is 73.0 Å². The molecule has 0 saturated heterocycles. The maximum Gasteiger partial charge on any atom is 0.275 e. The molecule has 0 N–H and O–H groups in total. The van der Waals surface area contributed by atoms with Crippen LogP contribution in [0.15, 0.2) is 66.0 Å². The fourth-order valence-corrected chi connectivity index (χ4v) is 4.66. The Kier molecular flexibility index (Phi) is 4.55. The summed E-state index contributed by atoms with van der Waals surface area (Å²) in [7, 11) is 0. The maximum atomic E-state index is 13.0. The molecule has 1 amide bonds. The number of imidazole rings is 1. The minimum absolute atomic E-state index is 0.125. The molecule has 0 unspecified atom stereocenters. The van der Waals surface area contributed by atoms with Crippen molar-refractivity contribution in [1.29, 1.82) is 0 Å². The number of thiophene rings is 1. The van der Waals surface area contributed by atoms with E-state index in [0.29, 0.717) is 31.0 Å². The van der Waals surface area contributed by atoms with Crippen LogP contribution in [0.4, 0.5) is 0 Å². The second kappa shape index (κ2) is 7.38. The fourth-order valence-electron chi connectivity index (χ4n) is 3.66. The lowest BCUT2D eigenvalue weighted by Crippen LogP contribution is -2.44. The zero-order chi connectivity index (χ0) is 20.7. The highest BCUT2D eigenvalue weighted by molar-refractivity contribution is 7.15. The summed E-state index contributed by atoms with van der Waals surface area (Å²) in [5, 5.41) is 0. The van der Waals surface area contributed by atoms with Crippen LogP contribution in [-0.4, -0.2) is 36.5 Å². The first-order valence-electron chi connectivity index (χ1n) is 9.64. The number of rotatable bonds is 4. The Morgan fingerprint density at radius 2 is 1.93 bits per heavy atom. The molecule has 0 atom stereocenters. The molecule has 0 saturated carbocycles. The fraction of sp³-hybridized carbons (Fsp3) is 0.182. The molecule has 4 aromatic heterocycles. The van der Waals surface area contributed by atoms with Crippen LogP contribution in [0.25, 0.3) is 16.3 Å². The second-order valence-corrected chi connectivity index (χ2v) is 8.36. The molecule has 0 spiro atoms. The second-order valence-electron chi connectivity index (χ2n) is 7.19. The average molecular weight is 417 g/mol. The molecule has 8 heteroatoms. The average Bonchev–Trinajstić information content (AvgIpc) is 3.40.